The number of hydrogen-bond donors (Lipinski definition) is 1. The molecule has 2 atom stereocenters. The van der Waals surface area contributed by atoms with E-state index in [1.807, 2.05) is 0 Å². The number of aldehydes is 1. The monoisotopic (exact) mass is 429 g/mol. The Morgan fingerprint density at radius 2 is 1.97 bits per heavy atom. The topological polar surface area (TPSA) is 38.3 Å². The maximum atomic E-state index is 12.0. The number of carbonyl (C=O) groups is 1. The second-order valence-electron chi connectivity index (χ2n) is 6.96. The SMILES string of the molecule is CNC1CCCCC1C.C\C=C/C(=C\C=C(/C)OC(F)(F)F)c1csc(C=O)c1. The third-order valence-corrected chi connectivity index (χ3v) is 5.53. The molecule has 2 unspecified atom stereocenters. The van der Waals surface area contributed by atoms with Gasteiger partial charge in [-0.15, -0.1) is 24.5 Å². The molecular formula is C22H30F3NO2S. The molecule has 0 aliphatic heterocycles. The highest BCUT2D eigenvalue weighted by atomic mass is 32.1. The van der Waals surface area contributed by atoms with Crippen LogP contribution in [0.2, 0.25) is 0 Å². The van der Waals surface area contributed by atoms with Crippen molar-refractivity contribution in [3.8, 4) is 0 Å². The Morgan fingerprint density at radius 1 is 1.28 bits per heavy atom. The van der Waals surface area contributed by atoms with E-state index in [0.717, 1.165) is 23.8 Å². The van der Waals surface area contributed by atoms with Gasteiger partial charge in [0.05, 0.1) is 4.88 Å². The zero-order valence-electron chi connectivity index (χ0n) is 17.4. The third-order valence-electron chi connectivity index (χ3n) is 4.67. The summed E-state index contributed by atoms with van der Waals surface area (Å²) in [5.41, 5.74) is 1.47. The summed E-state index contributed by atoms with van der Waals surface area (Å²) in [7, 11) is 2.08. The first-order valence-corrected chi connectivity index (χ1v) is 10.6. The van der Waals surface area contributed by atoms with E-state index in [2.05, 4.69) is 24.0 Å². The van der Waals surface area contributed by atoms with Crippen molar-refractivity contribution in [2.75, 3.05) is 7.05 Å². The number of rotatable bonds is 6. The molecule has 1 N–H and O–H groups in total. The predicted molar refractivity (Wildman–Crippen MR) is 114 cm³/mol. The molecule has 162 valence electrons. The van der Waals surface area contributed by atoms with Crippen LogP contribution in [0.1, 0.15) is 61.7 Å². The van der Waals surface area contributed by atoms with E-state index in [0.29, 0.717) is 10.5 Å². The first-order valence-electron chi connectivity index (χ1n) is 9.68. The van der Waals surface area contributed by atoms with Crippen molar-refractivity contribution in [2.45, 2.75) is 58.9 Å². The minimum atomic E-state index is -4.69. The van der Waals surface area contributed by atoms with Crippen molar-refractivity contribution in [1.82, 2.24) is 5.32 Å². The van der Waals surface area contributed by atoms with Crippen LogP contribution in [0.4, 0.5) is 13.2 Å². The van der Waals surface area contributed by atoms with Gasteiger partial charge in [0.1, 0.15) is 5.76 Å². The summed E-state index contributed by atoms with van der Waals surface area (Å²) in [5, 5.41) is 5.12. The van der Waals surface area contributed by atoms with Gasteiger partial charge in [0.25, 0.3) is 0 Å². The molecule has 2 rings (SSSR count). The van der Waals surface area contributed by atoms with Gasteiger partial charge in [0.15, 0.2) is 6.29 Å². The molecule has 0 saturated heterocycles. The first-order chi connectivity index (χ1) is 13.7. The molecule has 1 saturated carbocycles. The van der Waals surface area contributed by atoms with Crippen molar-refractivity contribution in [2.24, 2.45) is 5.92 Å². The molecule has 1 aliphatic carbocycles. The van der Waals surface area contributed by atoms with E-state index in [4.69, 9.17) is 0 Å². The molecule has 0 radical (unpaired) electrons. The summed E-state index contributed by atoms with van der Waals surface area (Å²) < 4.78 is 39.8. The van der Waals surface area contributed by atoms with Crippen LogP contribution in [-0.4, -0.2) is 25.7 Å². The minimum absolute atomic E-state index is 0.259. The highest BCUT2D eigenvalue weighted by Gasteiger charge is 2.30. The number of alkyl halides is 3. The normalized spacial score (nSPS) is 20.9. The lowest BCUT2D eigenvalue weighted by atomic mass is 9.86. The molecule has 3 nitrogen and oxygen atoms in total. The van der Waals surface area contributed by atoms with Crippen LogP contribution in [0.15, 0.2) is 41.5 Å². The second-order valence-corrected chi connectivity index (χ2v) is 7.90. The molecule has 1 aromatic heterocycles. The van der Waals surface area contributed by atoms with Crippen LogP contribution in [0.5, 0.6) is 0 Å². The number of carbonyl (C=O) groups excluding carboxylic acids is 1. The van der Waals surface area contributed by atoms with Crippen molar-refractivity contribution in [1.29, 1.82) is 0 Å². The van der Waals surface area contributed by atoms with Crippen LogP contribution < -0.4 is 5.32 Å². The summed E-state index contributed by atoms with van der Waals surface area (Å²) >= 11 is 1.27. The van der Waals surface area contributed by atoms with Crippen LogP contribution >= 0.6 is 11.3 Å². The lowest BCUT2D eigenvalue weighted by molar-refractivity contribution is -0.305. The van der Waals surface area contributed by atoms with Crippen LogP contribution in [0.3, 0.4) is 0 Å². The van der Waals surface area contributed by atoms with E-state index >= 15 is 0 Å². The quantitative estimate of drug-likeness (QED) is 0.309. The zero-order chi connectivity index (χ0) is 21.9. The summed E-state index contributed by atoms with van der Waals surface area (Å²) in [6, 6.07) is 2.48. The van der Waals surface area contributed by atoms with E-state index in [9.17, 15) is 18.0 Å². The fraction of sp³-hybridized carbons (Fsp3) is 0.500. The van der Waals surface area contributed by atoms with Gasteiger partial charge in [-0.2, -0.15) is 0 Å². The molecule has 1 aliphatic rings. The van der Waals surface area contributed by atoms with Gasteiger partial charge < -0.3 is 10.1 Å². The second kappa shape index (κ2) is 12.6. The largest absolute Gasteiger partial charge is 0.572 e. The zero-order valence-corrected chi connectivity index (χ0v) is 18.2. The molecule has 0 amide bonds. The van der Waals surface area contributed by atoms with Gasteiger partial charge in [0, 0.05) is 6.04 Å². The molecule has 29 heavy (non-hydrogen) atoms. The molecule has 7 heteroatoms. The number of allylic oxidation sites excluding steroid dienone is 6. The van der Waals surface area contributed by atoms with Crippen molar-refractivity contribution >= 4 is 23.2 Å². The minimum Gasteiger partial charge on any atom is -0.411 e. The number of halogens is 3. The maximum Gasteiger partial charge on any atom is 0.572 e. The molecule has 1 fully saturated rings. The van der Waals surface area contributed by atoms with Crippen molar-refractivity contribution in [3.63, 3.8) is 0 Å². The highest BCUT2D eigenvalue weighted by molar-refractivity contribution is 7.11. The summed E-state index contributed by atoms with van der Waals surface area (Å²) in [4.78, 5) is 11.2. The third kappa shape index (κ3) is 9.94. The van der Waals surface area contributed by atoms with Crippen LogP contribution in [-0.2, 0) is 4.74 Å². The van der Waals surface area contributed by atoms with Gasteiger partial charge in [-0.25, -0.2) is 0 Å². The van der Waals surface area contributed by atoms with Crippen molar-refractivity contribution < 1.29 is 22.7 Å². The predicted octanol–water partition coefficient (Wildman–Crippen LogP) is 6.74. The van der Waals surface area contributed by atoms with Gasteiger partial charge in [0.2, 0.25) is 0 Å². The number of thiophene rings is 1. The summed E-state index contributed by atoms with van der Waals surface area (Å²) in [5.74, 6) is 0.647. The number of ether oxygens (including phenoxy) is 1. The molecule has 1 aromatic rings. The van der Waals surface area contributed by atoms with E-state index in [1.165, 1.54) is 56.1 Å². The van der Waals surface area contributed by atoms with Gasteiger partial charge in [-0.05, 0) is 68.3 Å². The fourth-order valence-corrected chi connectivity index (χ4v) is 3.88. The fourth-order valence-electron chi connectivity index (χ4n) is 3.16. The average Bonchev–Trinajstić information content (AvgIpc) is 3.14. The van der Waals surface area contributed by atoms with E-state index in [1.54, 1.807) is 30.5 Å². The summed E-state index contributed by atoms with van der Waals surface area (Å²) in [6.45, 7) is 5.37. The lowest BCUT2D eigenvalue weighted by Gasteiger charge is -2.27. The standard InChI is InChI=1S/C14H13F3O2S.C8H17N/c1-3-4-11(12-7-13(8-18)20-9-12)6-5-10(2)19-14(15,16)17;1-7-5-3-4-6-8(7)9-2/h3-9H,1-2H3;7-9H,3-6H2,1-2H3/b4-3-,10-5+,11-6+;. The molecule has 0 aromatic carbocycles. The Bertz CT molecular complexity index is 720. The Balaban J connectivity index is 0.000000387. The maximum absolute atomic E-state index is 12.0. The van der Waals surface area contributed by atoms with E-state index in [-0.39, 0.29) is 5.76 Å². The van der Waals surface area contributed by atoms with Gasteiger partial charge in [-0.3, -0.25) is 4.79 Å². The Hall–Kier alpha value is -1.86. The molecule has 0 bridgehead atoms. The number of hydrogen-bond acceptors (Lipinski definition) is 4. The van der Waals surface area contributed by atoms with Crippen molar-refractivity contribution in [3.05, 3.63) is 52.0 Å². The average molecular weight is 430 g/mol. The first kappa shape index (κ1) is 25.2. The van der Waals surface area contributed by atoms with Gasteiger partial charge >= 0.3 is 6.36 Å². The van der Waals surface area contributed by atoms with Crippen LogP contribution in [0.25, 0.3) is 5.57 Å². The smallest absolute Gasteiger partial charge is 0.411 e. The Morgan fingerprint density at radius 3 is 2.45 bits per heavy atom. The van der Waals surface area contributed by atoms with Crippen LogP contribution in [0, 0.1) is 5.92 Å². The lowest BCUT2D eigenvalue weighted by Crippen LogP contribution is -2.34. The van der Waals surface area contributed by atoms with Gasteiger partial charge in [-0.1, -0.05) is 38.0 Å². The highest BCUT2D eigenvalue weighted by Crippen LogP contribution is 2.24. The Kier molecular flexibility index (Phi) is 11.0. The molecule has 0 spiro atoms. The molecule has 1 heterocycles. The molecular weight excluding hydrogens is 399 g/mol. The summed E-state index contributed by atoms with van der Waals surface area (Å²) in [6.07, 6.45) is 7.97. The number of nitrogens with one attached hydrogen (secondary N) is 1. The Labute approximate surface area is 175 Å². The van der Waals surface area contributed by atoms with E-state index < -0.39 is 6.36 Å².